The van der Waals surface area contributed by atoms with Crippen LogP contribution >= 0.6 is 22.9 Å². The van der Waals surface area contributed by atoms with Gasteiger partial charge >= 0.3 is 5.97 Å². The summed E-state index contributed by atoms with van der Waals surface area (Å²) in [6.07, 6.45) is 1.76. The van der Waals surface area contributed by atoms with E-state index in [1.165, 1.54) is 11.3 Å². The standard InChI is InChI=1S/C23H16ClNO2S/c1-15-7-2-4-11-19(15)25-14-16-8-6-9-17(13-16)27-23(26)22-21(24)18-10-3-5-12-20(18)28-22/h2-14H,1H3. The highest BCUT2D eigenvalue weighted by atomic mass is 35.5. The van der Waals surface area contributed by atoms with Crippen LogP contribution in [0.15, 0.2) is 77.8 Å². The number of aryl methyl sites for hydroxylation is 1. The van der Waals surface area contributed by atoms with Gasteiger partial charge in [-0.3, -0.25) is 4.99 Å². The molecule has 0 aliphatic heterocycles. The van der Waals surface area contributed by atoms with Gasteiger partial charge in [0.2, 0.25) is 0 Å². The zero-order valence-electron chi connectivity index (χ0n) is 15.1. The molecule has 0 saturated heterocycles. The van der Waals surface area contributed by atoms with Crippen molar-refractivity contribution >= 4 is 50.9 Å². The second kappa shape index (κ2) is 7.97. The lowest BCUT2D eigenvalue weighted by Gasteiger charge is -2.04. The molecule has 0 bridgehead atoms. The number of halogens is 1. The molecule has 28 heavy (non-hydrogen) atoms. The van der Waals surface area contributed by atoms with Crippen molar-refractivity contribution < 1.29 is 9.53 Å². The fourth-order valence-corrected chi connectivity index (χ4v) is 4.19. The maximum Gasteiger partial charge on any atom is 0.355 e. The number of ether oxygens (including phenoxy) is 1. The first-order valence-electron chi connectivity index (χ1n) is 8.71. The number of para-hydroxylation sites is 1. The molecule has 3 nitrogen and oxygen atoms in total. The summed E-state index contributed by atoms with van der Waals surface area (Å²) in [6, 6.07) is 22.8. The van der Waals surface area contributed by atoms with Crippen molar-refractivity contribution in [1.82, 2.24) is 0 Å². The average molecular weight is 406 g/mol. The van der Waals surface area contributed by atoms with Gasteiger partial charge in [-0.2, -0.15) is 0 Å². The van der Waals surface area contributed by atoms with Gasteiger partial charge in [-0.25, -0.2) is 4.79 Å². The molecule has 0 aliphatic carbocycles. The van der Waals surface area contributed by atoms with Gasteiger partial charge in [0.1, 0.15) is 10.6 Å². The minimum Gasteiger partial charge on any atom is -0.422 e. The van der Waals surface area contributed by atoms with E-state index in [0.717, 1.165) is 26.9 Å². The number of nitrogens with zero attached hydrogens (tertiary/aromatic N) is 1. The number of esters is 1. The molecule has 0 atom stereocenters. The second-order valence-electron chi connectivity index (χ2n) is 6.25. The first-order valence-corrected chi connectivity index (χ1v) is 9.90. The van der Waals surface area contributed by atoms with Crippen LogP contribution in [0, 0.1) is 6.92 Å². The van der Waals surface area contributed by atoms with E-state index in [-0.39, 0.29) is 0 Å². The van der Waals surface area contributed by atoms with Crippen molar-refractivity contribution in [2.45, 2.75) is 6.92 Å². The number of hydrogen-bond donors (Lipinski definition) is 0. The monoisotopic (exact) mass is 405 g/mol. The predicted molar refractivity (Wildman–Crippen MR) is 117 cm³/mol. The summed E-state index contributed by atoms with van der Waals surface area (Å²) in [6.45, 7) is 2.01. The van der Waals surface area contributed by atoms with Crippen LogP contribution < -0.4 is 4.74 Å². The lowest BCUT2D eigenvalue weighted by molar-refractivity contribution is 0.0740. The quantitative estimate of drug-likeness (QED) is 0.212. The number of carbonyl (C=O) groups excluding carboxylic acids is 1. The Labute approximate surface area is 171 Å². The molecule has 4 aromatic rings. The van der Waals surface area contributed by atoms with Crippen molar-refractivity contribution in [2.75, 3.05) is 0 Å². The van der Waals surface area contributed by atoms with Gasteiger partial charge in [-0.1, -0.05) is 60.1 Å². The second-order valence-corrected chi connectivity index (χ2v) is 7.68. The number of rotatable bonds is 4. The van der Waals surface area contributed by atoms with Crippen LogP contribution in [0.1, 0.15) is 20.8 Å². The van der Waals surface area contributed by atoms with E-state index in [9.17, 15) is 4.79 Å². The van der Waals surface area contributed by atoms with Crippen LogP contribution in [-0.2, 0) is 0 Å². The highest BCUT2D eigenvalue weighted by Crippen LogP contribution is 2.35. The Morgan fingerprint density at radius 1 is 1.04 bits per heavy atom. The largest absolute Gasteiger partial charge is 0.422 e. The molecule has 3 aromatic carbocycles. The van der Waals surface area contributed by atoms with Gasteiger partial charge < -0.3 is 4.74 Å². The number of hydrogen-bond acceptors (Lipinski definition) is 4. The summed E-state index contributed by atoms with van der Waals surface area (Å²) >= 11 is 7.70. The van der Waals surface area contributed by atoms with E-state index in [1.54, 1.807) is 18.3 Å². The number of fused-ring (bicyclic) bond motifs is 1. The molecule has 0 fully saturated rings. The van der Waals surface area contributed by atoms with Gasteiger partial charge in [-0.15, -0.1) is 11.3 Å². The van der Waals surface area contributed by atoms with Crippen LogP contribution in [0.5, 0.6) is 5.75 Å². The van der Waals surface area contributed by atoms with Crippen LogP contribution in [0.3, 0.4) is 0 Å². The third-order valence-corrected chi connectivity index (χ3v) is 5.91. The lowest BCUT2D eigenvalue weighted by atomic mass is 10.2. The summed E-state index contributed by atoms with van der Waals surface area (Å²) in [5.74, 6) is -0.00792. The first-order chi connectivity index (χ1) is 13.6. The maximum absolute atomic E-state index is 12.6. The van der Waals surface area contributed by atoms with Crippen molar-refractivity contribution in [3.8, 4) is 5.75 Å². The fourth-order valence-electron chi connectivity index (χ4n) is 2.81. The number of benzene rings is 3. The molecule has 0 N–H and O–H groups in total. The number of thiophene rings is 1. The van der Waals surface area contributed by atoms with Crippen LogP contribution in [0.25, 0.3) is 10.1 Å². The summed E-state index contributed by atoms with van der Waals surface area (Å²) in [4.78, 5) is 17.5. The van der Waals surface area contributed by atoms with Gasteiger partial charge in [0, 0.05) is 16.3 Å². The highest BCUT2D eigenvalue weighted by Gasteiger charge is 2.18. The Bertz CT molecular complexity index is 1200. The first kappa shape index (κ1) is 18.4. The van der Waals surface area contributed by atoms with Crippen LogP contribution in [0.2, 0.25) is 5.02 Å². The van der Waals surface area contributed by atoms with Crippen molar-refractivity contribution in [1.29, 1.82) is 0 Å². The summed E-state index contributed by atoms with van der Waals surface area (Å²) in [5.41, 5.74) is 2.85. The van der Waals surface area contributed by atoms with Crippen molar-refractivity contribution in [3.63, 3.8) is 0 Å². The molecule has 4 rings (SSSR count). The molecule has 0 aliphatic rings. The van der Waals surface area contributed by atoms with Crippen molar-refractivity contribution in [2.24, 2.45) is 4.99 Å². The average Bonchev–Trinajstić information content (AvgIpc) is 3.05. The molecule has 0 unspecified atom stereocenters. The van der Waals surface area contributed by atoms with E-state index in [4.69, 9.17) is 16.3 Å². The van der Waals surface area contributed by atoms with E-state index < -0.39 is 5.97 Å². The summed E-state index contributed by atoms with van der Waals surface area (Å²) in [5, 5.41) is 1.29. The highest BCUT2D eigenvalue weighted by molar-refractivity contribution is 7.21. The normalized spacial score (nSPS) is 11.2. The smallest absolute Gasteiger partial charge is 0.355 e. The SMILES string of the molecule is Cc1ccccc1N=Cc1cccc(OC(=O)c2sc3ccccc3c2Cl)c1. The Kier molecular flexibility index (Phi) is 5.24. The molecule has 1 aromatic heterocycles. The van der Waals surface area contributed by atoms with Gasteiger partial charge in [0.25, 0.3) is 0 Å². The lowest BCUT2D eigenvalue weighted by Crippen LogP contribution is -2.07. The fraction of sp³-hybridized carbons (Fsp3) is 0.0435. The zero-order chi connectivity index (χ0) is 19.5. The Morgan fingerprint density at radius 2 is 1.82 bits per heavy atom. The number of aliphatic imine (C=N–C) groups is 1. The van der Waals surface area contributed by atoms with E-state index >= 15 is 0 Å². The predicted octanol–water partition coefficient (Wildman–Crippen LogP) is 6.83. The minimum absolute atomic E-state index is 0.404. The van der Waals surface area contributed by atoms with Gasteiger partial charge in [-0.05, 0) is 42.3 Å². The van der Waals surface area contributed by atoms with Gasteiger partial charge in [0.05, 0.1) is 10.7 Å². The molecule has 0 amide bonds. The van der Waals surface area contributed by atoms with E-state index in [0.29, 0.717) is 15.6 Å². The maximum atomic E-state index is 12.6. The third kappa shape index (κ3) is 3.84. The number of carbonyl (C=O) groups is 1. The van der Waals surface area contributed by atoms with Crippen LogP contribution in [-0.4, -0.2) is 12.2 Å². The molecule has 0 saturated carbocycles. The van der Waals surface area contributed by atoms with E-state index in [2.05, 4.69) is 4.99 Å². The topological polar surface area (TPSA) is 38.7 Å². The summed E-state index contributed by atoms with van der Waals surface area (Å²) in [7, 11) is 0. The van der Waals surface area contributed by atoms with Gasteiger partial charge in [0.15, 0.2) is 0 Å². The molecule has 1 heterocycles. The van der Waals surface area contributed by atoms with Crippen LogP contribution in [0.4, 0.5) is 5.69 Å². The molecule has 138 valence electrons. The Hall–Kier alpha value is -2.95. The Morgan fingerprint density at radius 3 is 2.64 bits per heavy atom. The molecular weight excluding hydrogens is 390 g/mol. The van der Waals surface area contributed by atoms with E-state index in [1.807, 2.05) is 67.6 Å². The molecule has 0 spiro atoms. The molecule has 0 radical (unpaired) electrons. The summed E-state index contributed by atoms with van der Waals surface area (Å²) < 4.78 is 6.51. The molecular formula is C23H16ClNO2S. The minimum atomic E-state index is -0.459. The molecule has 5 heteroatoms. The zero-order valence-corrected chi connectivity index (χ0v) is 16.6. The Balaban J connectivity index is 1.55. The third-order valence-electron chi connectivity index (χ3n) is 4.26. The van der Waals surface area contributed by atoms with Crippen molar-refractivity contribution in [3.05, 3.63) is 93.8 Å².